The van der Waals surface area contributed by atoms with Crippen LogP contribution in [0, 0.1) is 11.6 Å². The molecule has 0 aliphatic carbocycles. The molecular weight excluding hydrogens is 615 g/mol. The molecule has 2 aromatic carbocycles. The van der Waals surface area contributed by atoms with Gasteiger partial charge in [-0.2, -0.15) is 9.97 Å². The minimum Gasteiger partial charge on any atom is -0.461 e. The van der Waals surface area contributed by atoms with E-state index in [9.17, 15) is 4.39 Å². The molecule has 2 N–H and O–H groups in total. The zero-order valence-corrected chi connectivity index (χ0v) is 26.8. The van der Waals surface area contributed by atoms with Crippen molar-refractivity contribution in [2.24, 2.45) is 0 Å². The molecule has 4 fully saturated rings. The van der Waals surface area contributed by atoms with Crippen LogP contribution < -0.4 is 15.4 Å². The van der Waals surface area contributed by atoms with E-state index in [1.807, 2.05) is 0 Å². The molecule has 2 bridgehead atoms. The molecule has 0 amide bonds. The van der Waals surface area contributed by atoms with Gasteiger partial charge in [0.2, 0.25) is 0 Å². The SMILES string of the molecule is CCN1C2CC[C@@]1(C)CN(c1nc(OC[C@@]34CCCN3C[C@H](F)C4)nc3c(F)c(-c4nc(N)cc5cccc(Cl)c45)c(F)cc13)C2. The van der Waals surface area contributed by atoms with Gasteiger partial charge in [0, 0.05) is 48.4 Å². The van der Waals surface area contributed by atoms with Crippen molar-refractivity contribution in [3.8, 4) is 17.3 Å². The zero-order chi connectivity index (χ0) is 32.0. The molecule has 12 heteroatoms. The monoisotopic (exact) mass is 651 g/mol. The van der Waals surface area contributed by atoms with Gasteiger partial charge in [0.15, 0.2) is 5.82 Å². The van der Waals surface area contributed by atoms with Crippen molar-refractivity contribution in [2.75, 3.05) is 50.0 Å². The van der Waals surface area contributed by atoms with Gasteiger partial charge in [-0.05, 0) is 69.3 Å². The van der Waals surface area contributed by atoms with Crippen LogP contribution in [0.5, 0.6) is 6.01 Å². The highest BCUT2D eigenvalue weighted by Gasteiger charge is 2.50. The van der Waals surface area contributed by atoms with Gasteiger partial charge in [-0.25, -0.2) is 18.2 Å². The summed E-state index contributed by atoms with van der Waals surface area (Å²) in [5.41, 5.74) is 5.12. The smallest absolute Gasteiger partial charge is 0.319 e. The van der Waals surface area contributed by atoms with Crippen LogP contribution in [-0.2, 0) is 0 Å². The van der Waals surface area contributed by atoms with Gasteiger partial charge >= 0.3 is 6.01 Å². The maximum absolute atomic E-state index is 16.9. The fraction of sp³-hybridized carbons (Fsp3) is 0.500. The maximum atomic E-state index is 16.9. The lowest BCUT2D eigenvalue weighted by Crippen LogP contribution is -2.60. The second-order valence-electron chi connectivity index (χ2n) is 13.7. The first-order chi connectivity index (χ1) is 22.1. The molecule has 8 rings (SSSR count). The lowest BCUT2D eigenvalue weighted by Gasteiger charge is -2.47. The molecule has 4 atom stereocenters. The van der Waals surface area contributed by atoms with Crippen LogP contribution >= 0.6 is 11.6 Å². The number of nitrogens with two attached hydrogens (primary N) is 1. The fourth-order valence-corrected chi connectivity index (χ4v) is 9.18. The predicted octanol–water partition coefficient (Wildman–Crippen LogP) is 6.38. The molecule has 1 unspecified atom stereocenters. The third kappa shape index (κ3) is 4.60. The number of benzene rings is 2. The van der Waals surface area contributed by atoms with Crippen molar-refractivity contribution in [1.82, 2.24) is 24.8 Å². The summed E-state index contributed by atoms with van der Waals surface area (Å²) in [7, 11) is 0. The number of likely N-dealkylation sites (N-methyl/N-ethyl adjacent to an activating group) is 1. The molecule has 4 aliphatic rings. The fourth-order valence-electron chi connectivity index (χ4n) is 8.91. The number of alkyl halides is 1. The lowest BCUT2D eigenvalue weighted by molar-refractivity contribution is 0.101. The number of pyridine rings is 1. The maximum Gasteiger partial charge on any atom is 0.319 e. The van der Waals surface area contributed by atoms with Crippen LogP contribution in [0.3, 0.4) is 0 Å². The summed E-state index contributed by atoms with van der Waals surface area (Å²) in [5, 5.41) is 1.56. The Kier molecular flexibility index (Phi) is 7.04. The van der Waals surface area contributed by atoms with E-state index in [0.717, 1.165) is 38.8 Å². The summed E-state index contributed by atoms with van der Waals surface area (Å²) in [5.74, 6) is -1.17. The van der Waals surface area contributed by atoms with Crippen LogP contribution in [0.15, 0.2) is 30.3 Å². The van der Waals surface area contributed by atoms with Gasteiger partial charge in [0.05, 0.1) is 21.8 Å². The van der Waals surface area contributed by atoms with Gasteiger partial charge in [0.1, 0.15) is 35.7 Å². The largest absolute Gasteiger partial charge is 0.461 e. The summed E-state index contributed by atoms with van der Waals surface area (Å²) >= 11 is 6.55. The molecule has 4 aliphatic heterocycles. The number of aromatic nitrogens is 3. The van der Waals surface area contributed by atoms with Gasteiger partial charge < -0.3 is 15.4 Å². The van der Waals surface area contributed by atoms with Crippen molar-refractivity contribution in [3.05, 3.63) is 47.0 Å². The van der Waals surface area contributed by atoms with E-state index in [2.05, 4.69) is 38.5 Å². The molecule has 242 valence electrons. The summed E-state index contributed by atoms with van der Waals surface area (Å²) < 4.78 is 54.0. The molecule has 8 nitrogen and oxygen atoms in total. The van der Waals surface area contributed by atoms with Crippen molar-refractivity contribution in [1.29, 1.82) is 0 Å². The molecular formula is C34H37ClF3N7O. The van der Waals surface area contributed by atoms with E-state index in [-0.39, 0.29) is 46.1 Å². The molecule has 46 heavy (non-hydrogen) atoms. The van der Waals surface area contributed by atoms with Crippen molar-refractivity contribution < 1.29 is 17.9 Å². The van der Waals surface area contributed by atoms with Crippen LogP contribution in [0.1, 0.15) is 46.0 Å². The van der Waals surface area contributed by atoms with Gasteiger partial charge in [-0.15, -0.1) is 0 Å². The number of hydrogen-bond donors (Lipinski definition) is 1. The number of nitrogens with zero attached hydrogens (tertiary/aromatic N) is 6. The Morgan fingerprint density at radius 3 is 2.78 bits per heavy atom. The summed E-state index contributed by atoms with van der Waals surface area (Å²) in [6, 6.07) is 8.36. The minimum atomic E-state index is -0.918. The third-order valence-corrected chi connectivity index (χ3v) is 11.2. The van der Waals surface area contributed by atoms with Gasteiger partial charge in [-0.3, -0.25) is 9.80 Å². The van der Waals surface area contributed by atoms with Crippen LogP contribution in [0.2, 0.25) is 5.02 Å². The molecule has 2 aromatic heterocycles. The zero-order valence-electron chi connectivity index (χ0n) is 26.0. The van der Waals surface area contributed by atoms with Gasteiger partial charge in [-0.1, -0.05) is 30.7 Å². The van der Waals surface area contributed by atoms with Crippen molar-refractivity contribution >= 4 is 44.9 Å². The third-order valence-electron chi connectivity index (χ3n) is 10.9. The highest BCUT2D eigenvalue weighted by Crippen LogP contribution is 2.45. The Labute approximate surface area is 270 Å². The summed E-state index contributed by atoms with van der Waals surface area (Å²) in [6.07, 6.45) is 3.30. The number of hydrogen-bond acceptors (Lipinski definition) is 8. The predicted molar refractivity (Wildman–Crippen MR) is 174 cm³/mol. The number of rotatable bonds is 6. The van der Waals surface area contributed by atoms with Crippen LogP contribution in [0.25, 0.3) is 32.9 Å². The topological polar surface area (TPSA) is 83.6 Å². The minimum absolute atomic E-state index is 0.00248. The van der Waals surface area contributed by atoms with Crippen molar-refractivity contribution in [2.45, 2.75) is 69.2 Å². The van der Waals surface area contributed by atoms with E-state index in [1.54, 1.807) is 24.3 Å². The average Bonchev–Trinajstić information content (AvgIpc) is 3.60. The average molecular weight is 652 g/mol. The molecule has 4 saturated heterocycles. The Hall–Kier alpha value is -3.41. The molecule has 0 saturated carbocycles. The second kappa shape index (κ2) is 10.8. The summed E-state index contributed by atoms with van der Waals surface area (Å²) in [4.78, 5) is 20.5. The number of ether oxygens (including phenoxy) is 1. The Morgan fingerprint density at radius 1 is 1.13 bits per heavy atom. The molecule has 0 radical (unpaired) electrons. The normalized spacial score (nSPS) is 28.1. The number of nitrogen functional groups attached to an aromatic ring is 1. The van der Waals surface area contributed by atoms with Crippen LogP contribution in [0.4, 0.5) is 24.8 Å². The first kappa shape index (κ1) is 30.0. The number of halogens is 4. The van der Waals surface area contributed by atoms with Gasteiger partial charge in [0.25, 0.3) is 0 Å². The van der Waals surface area contributed by atoms with Crippen LogP contribution in [-0.4, -0.2) is 87.4 Å². The molecule has 0 spiro atoms. The lowest BCUT2D eigenvalue weighted by atomic mass is 9.95. The Bertz CT molecular complexity index is 1880. The quantitative estimate of drug-likeness (QED) is 0.257. The number of piperazine rings is 1. The second-order valence-corrected chi connectivity index (χ2v) is 14.1. The number of fused-ring (bicyclic) bond motifs is 5. The number of anilines is 2. The first-order valence-electron chi connectivity index (χ1n) is 16.2. The summed E-state index contributed by atoms with van der Waals surface area (Å²) in [6.45, 7) is 8.04. The standard InChI is InChI=1S/C34H37ClF3N7O/c1-3-45-21-8-10-33(45,2)17-43(16-21)31-22-13-24(37)27(30-26-19(12-25(39)40-30)6-4-7-23(26)35)28(38)29(22)41-32(42-31)46-18-34-9-5-11-44(34)15-20(36)14-34/h4,6-7,12-13,20-21H,3,5,8-11,14-18H2,1-2H3,(H2,39,40)/t20-,21?,33+,34+/m1/s1. The Balaban J connectivity index is 1.29. The Morgan fingerprint density at radius 2 is 1.98 bits per heavy atom. The first-order valence-corrected chi connectivity index (χ1v) is 16.6. The highest BCUT2D eigenvalue weighted by molar-refractivity contribution is 6.36. The molecule has 4 aromatic rings. The van der Waals surface area contributed by atoms with E-state index < -0.39 is 23.3 Å². The van der Waals surface area contributed by atoms with E-state index in [0.29, 0.717) is 53.7 Å². The van der Waals surface area contributed by atoms with E-state index >= 15 is 8.78 Å². The molecule has 6 heterocycles. The highest BCUT2D eigenvalue weighted by atomic mass is 35.5. The van der Waals surface area contributed by atoms with E-state index in [4.69, 9.17) is 27.1 Å². The van der Waals surface area contributed by atoms with Crippen molar-refractivity contribution in [3.63, 3.8) is 0 Å². The van der Waals surface area contributed by atoms with E-state index in [1.165, 1.54) is 6.07 Å².